The molecule has 3 aromatic rings. The highest BCUT2D eigenvalue weighted by Crippen LogP contribution is 2.27. The molecule has 0 saturated carbocycles. The molecule has 1 N–H and O–H groups in total. The molecular formula is C20H19N3O4S2. The summed E-state index contributed by atoms with van der Waals surface area (Å²) in [7, 11) is 0. The third kappa shape index (κ3) is 5.12. The summed E-state index contributed by atoms with van der Waals surface area (Å²) in [6.07, 6.45) is 0.723. The van der Waals surface area contributed by atoms with Crippen molar-refractivity contribution in [1.29, 1.82) is 0 Å². The Bertz CT molecular complexity index is 1040. The third-order valence-electron chi connectivity index (χ3n) is 3.94. The van der Waals surface area contributed by atoms with Gasteiger partial charge in [0, 0.05) is 18.0 Å². The highest BCUT2D eigenvalue weighted by Gasteiger charge is 2.25. The van der Waals surface area contributed by atoms with E-state index in [2.05, 4.69) is 15.3 Å². The largest absolute Gasteiger partial charge is 0.450 e. The van der Waals surface area contributed by atoms with Crippen LogP contribution in [0.25, 0.3) is 10.7 Å². The number of amides is 1. The zero-order valence-electron chi connectivity index (χ0n) is 16.1. The third-order valence-corrected chi connectivity index (χ3v) is 6.19. The Morgan fingerprint density at radius 1 is 1.17 bits per heavy atom. The Labute approximate surface area is 175 Å². The van der Waals surface area contributed by atoms with E-state index in [1.165, 1.54) is 29.6 Å². The van der Waals surface area contributed by atoms with Crippen LogP contribution >= 0.6 is 22.7 Å². The molecule has 0 aliphatic carbocycles. The lowest BCUT2D eigenvalue weighted by Gasteiger charge is -2.10. The van der Waals surface area contributed by atoms with Gasteiger partial charge in [0.1, 0.15) is 9.88 Å². The van der Waals surface area contributed by atoms with Gasteiger partial charge in [-0.15, -0.1) is 22.7 Å². The lowest BCUT2D eigenvalue weighted by Crippen LogP contribution is -2.23. The number of thiazole rings is 1. The predicted molar refractivity (Wildman–Crippen MR) is 111 cm³/mol. The summed E-state index contributed by atoms with van der Waals surface area (Å²) >= 11 is 2.45. The molecule has 1 unspecified atom stereocenters. The number of pyridine rings is 1. The summed E-state index contributed by atoms with van der Waals surface area (Å²) < 4.78 is 5.39. The van der Waals surface area contributed by atoms with Gasteiger partial charge in [-0.2, -0.15) is 0 Å². The lowest BCUT2D eigenvalue weighted by molar-refractivity contribution is -0.119. The van der Waals surface area contributed by atoms with Crippen LogP contribution in [0.4, 0.5) is 0 Å². The number of hydrogen-bond donors (Lipinski definition) is 1. The molecule has 9 heteroatoms. The molecule has 1 atom stereocenters. The molecule has 0 fully saturated rings. The first kappa shape index (κ1) is 20.8. The van der Waals surface area contributed by atoms with Crippen molar-refractivity contribution in [3.63, 3.8) is 0 Å². The van der Waals surface area contributed by atoms with Crippen LogP contribution in [0.2, 0.25) is 0 Å². The maximum absolute atomic E-state index is 12.6. The molecule has 7 nitrogen and oxygen atoms in total. The first-order chi connectivity index (χ1) is 13.8. The zero-order valence-corrected chi connectivity index (χ0v) is 17.7. The van der Waals surface area contributed by atoms with E-state index in [1.807, 2.05) is 12.1 Å². The molecule has 150 valence electrons. The second-order valence-corrected chi connectivity index (χ2v) is 8.40. The molecule has 3 aromatic heterocycles. The van der Waals surface area contributed by atoms with Crippen LogP contribution in [0, 0.1) is 6.92 Å². The van der Waals surface area contributed by atoms with Gasteiger partial charge in [-0.05, 0) is 38.1 Å². The van der Waals surface area contributed by atoms with E-state index in [0.29, 0.717) is 32.7 Å². The van der Waals surface area contributed by atoms with Gasteiger partial charge in [-0.3, -0.25) is 14.6 Å². The summed E-state index contributed by atoms with van der Waals surface area (Å²) in [4.78, 5) is 46.5. The van der Waals surface area contributed by atoms with Gasteiger partial charge in [-0.25, -0.2) is 9.78 Å². The van der Waals surface area contributed by atoms with Crippen molar-refractivity contribution in [2.45, 2.75) is 33.4 Å². The van der Waals surface area contributed by atoms with Crippen LogP contribution in [0.15, 0.2) is 36.5 Å². The number of nitrogens with one attached hydrogen (secondary N) is 1. The van der Waals surface area contributed by atoms with Crippen molar-refractivity contribution < 1.29 is 19.1 Å². The molecule has 3 heterocycles. The highest BCUT2D eigenvalue weighted by molar-refractivity contribution is 7.17. The monoisotopic (exact) mass is 429 g/mol. The number of thiophene rings is 1. The fourth-order valence-electron chi connectivity index (χ4n) is 2.47. The van der Waals surface area contributed by atoms with E-state index in [1.54, 1.807) is 38.2 Å². The van der Waals surface area contributed by atoms with Crippen molar-refractivity contribution in [2.75, 3.05) is 0 Å². The normalized spacial score (nSPS) is 11.7. The minimum atomic E-state index is -0.936. The number of nitrogens with zero attached hydrogens (tertiary/aromatic N) is 2. The number of aryl methyl sites for hydroxylation is 1. The summed E-state index contributed by atoms with van der Waals surface area (Å²) in [5.74, 6) is -1.01. The van der Waals surface area contributed by atoms with Crippen molar-refractivity contribution in [2.24, 2.45) is 0 Å². The average molecular weight is 430 g/mol. The SMILES string of the molecule is CC(=O)NCc1ccc(C(=O)C(C)OC(=O)c2sc(-c3ccccn3)nc2C)s1. The van der Waals surface area contributed by atoms with E-state index < -0.39 is 12.1 Å². The van der Waals surface area contributed by atoms with Crippen molar-refractivity contribution >= 4 is 40.3 Å². The number of carbonyl (C=O) groups excluding carboxylic acids is 3. The number of ether oxygens (including phenoxy) is 1. The minimum Gasteiger partial charge on any atom is -0.450 e. The maximum Gasteiger partial charge on any atom is 0.350 e. The molecule has 3 rings (SSSR count). The number of rotatable bonds is 7. The van der Waals surface area contributed by atoms with Crippen molar-refractivity contribution in [1.82, 2.24) is 15.3 Å². The van der Waals surface area contributed by atoms with Crippen LogP contribution in [-0.2, 0) is 16.1 Å². The highest BCUT2D eigenvalue weighted by atomic mass is 32.1. The zero-order chi connectivity index (χ0) is 21.0. The van der Waals surface area contributed by atoms with Crippen LogP contribution in [0.1, 0.15) is 43.8 Å². The molecule has 0 aliphatic rings. The van der Waals surface area contributed by atoms with Crippen molar-refractivity contribution in [3.8, 4) is 10.7 Å². The Morgan fingerprint density at radius 3 is 2.66 bits per heavy atom. The molecule has 0 saturated heterocycles. The van der Waals surface area contributed by atoms with Gasteiger partial charge in [0.15, 0.2) is 6.10 Å². The Balaban J connectivity index is 1.67. The number of carbonyl (C=O) groups is 3. The molecule has 0 aromatic carbocycles. The molecule has 1 amide bonds. The summed E-state index contributed by atoms with van der Waals surface area (Å²) in [5.41, 5.74) is 1.21. The van der Waals surface area contributed by atoms with Crippen molar-refractivity contribution in [3.05, 3.63) is 56.9 Å². The molecule has 0 radical (unpaired) electrons. The number of ketones is 1. The van der Waals surface area contributed by atoms with E-state index in [9.17, 15) is 14.4 Å². The Morgan fingerprint density at radius 2 is 1.97 bits per heavy atom. The first-order valence-corrected chi connectivity index (χ1v) is 10.5. The fourth-order valence-corrected chi connectivity index (χ4v) is 4.36. The second kappa shape index (κ2) is 9.06. The molecule has 29 heavy (non-hydrogen) atoms. The first-order valence-electron chi connectivity index (χ1n) is 8.82. The number of hydrogen-bond acceptors (Lipinski definition) is 8. The van der Waals surface area contributed by atoms with Crippen LogP contribution in [0.5, 0.6) is 0 Å². The van der Waals surface area contributed by atoms with Crippen LogP contribution in [-0.4, -0.2) is 33.7 Å². The summed E-state index contributed by atoms with van der Waals surface area (Å²) in [5, 5.41) is 3.30. The second-order valence-electron chi connectivity index (χ2n) is 6.24. The topological polar surface area (TPSA) is 98.2 Å². The Hall–Kier alpha value is -2.91. The average Bonchev–Trinajstić information content (AvgIpc) is 3.33. The molecule has 0 spiro atoms. The summed E-state index contributed by atoms with van der Waals surface area (Å²) in [6, 6.07) is 8.91. The number of esters is 1. The standard InChI is InChI=1S/C20H19N3O4S2/c1-11-18(29-19(23-11)15-6-4-5-9-21-15)20(26)27-12(2)17(25)16-8-7-14(28-16)10-22-13(3)24/h4-9,12H,10H2,1-3H3,(H,22,24). The molecule has 0 aliphatic heterocycles. The van der Waals surface area contributed by atoms with E-state index in [0.717, 1.165) is 4.88 Å². The van der Waals surface area contributed by atoms with Gasteiger partial charge >= 0.3 is 5.97 Å². The Kier molecular flexibility index (Phi) is 6.50. The van der Waals surface area contributed by atoms with Gasteiger partial charge < -0.3 is 10.1 Å². The minimum absolute atomic E-state index is 0.140. The number of aromatic nitrogens is 2. The van der Waals surface area contributed by atoms with Crippen LogP contribution in [0.3, 0.4) is 0 Å². The number of Topliss-reactive ketones (excluding diaryl/α,β-unsaturated/α-hetero) is 1. The van der Waals surface area contributed by atoms with Gasteiger partial charge in [-0.1, -0.05) is 6.07 Å². The fraction of sp³-hybridized carbons (Fsp3) is 0.250. The van der Waals surface area contributed by atoms with Gasteiger partial charge in [0.2, 0.25) is 11.7 Å². The smallest absolute Gasteiger partial charge is 0.350 e. The van der Waals surface area contributed by atoms with Crippen LogP contribution < -0.4 is 5.32 Å². The predicted octanol–water partition coefficient (Wildman–Crippen LogP) is 3.64. The van der Waals surface area contributed by atoms with Gasteiger partial charge in [0.05, 0.1) is 22.8 Å². The maximum atomic E-state index is 12.6. The van der Waals surface area contributed by atoms with Gasteiger partial charge in [0.25, 0.3) is 0 Å². The van der Waals surface area contributed by atoms with E-state index in [4.69, 9.17) is 4.74 Å². The van der Waals surface area contributed by atoms with E-state index >= 15 is 0 Å². The summed E-state index contributed by atoms with van der Waals surface area (Å²) in [6.45, 7) is 5.06. The molecular weight excluding hydrogens is 410 g/mol. The van der Waals surface area contributed by atoms with E-state index in [-0.39, 0.29) is 11.7 Å². The lowest BCUT2D eigenvalue weighted by atomic mass is 10.2. The quantitative estimate of drug-likeness (QED) is 0.455. The molecule has 0 bridgehead atoms.